The van der Waals surface area contributed by atoms with E-state index in [1.54, 1.807) is 18.3 Å². The minimum atomic E-state index is -0.228. The van der Waals surface area contributed by atoms with Crippen LogP contribution in [0, 0.1) is 0 Å². The van der Waals surface area contributed by atoms with Gasteiger partial charge < -0.3 is 5.11 Å². The Hall–Kier alpha value is -2.11. The number of fused-ring (bicyclic) bond motifs is 1. The molecule has 3 aromatic rings. The van der Waals surface area contributed by atoms with E-state index in [-0.39, 0.29) is 12.3 Å². The molecule has 0 aliphatic heterocycles. The van der Waals surface area contributed by atoms with Crippen LogP contribution in [0.3, 0.4) is 0 Å². The van der Waals surface area contributed by atoms with Crippen LogP contribution in [0.1, 0.15) is 11.1 Å². The third-order valence-electron chi connectivity index (χ3n) is 3.10. The van der Waals surface area contributed by atoms with Crippen LogP contribution in [0.15, 0.2) is 47.4 Å². The second-order valence-corrected chi connectivity index (χ2v) is 4.87. The fourth-order valence-corrected chi connectivity index (χ4v) is 2.23. The van der Waals surface area contributed by atoms with Crippen molar-refractivity contribution in [2.75, 3.05) is 0 Å². The average Bonchev–Trinajstić information content (AvgIpc) is 2.79. The number of aliphatic hydroxyl groups excluding tert-OH is 1. The normalized spacial score (nSPS) is 11.1. The van der Waals surface area contributed by atoms with E-state index in [1.165, 1.54) is 9.08 Å². The average molecular weight is 290 g/mol. The van der Waals surface area contributed by atoms with Crippen molar-refractivity contribution >= 4 is 17.2 Å². The van der Waals surface area contributed by atoms with Crippen molar-refractivity contribution in [1.29, 1.82) is 0 Å². The molecular weight excluding hydrogens is 278 g/mol. The Morgan fingerprint density at radius 2 is 1.85 bits per heavy atom. The molecule has 0 aliphatic rings. The number of hydrogen-bond donors (Lipinski definition) is 1. The first-order valence-electron chi connectivity index (χ1n) is 6.11. The lowest BCUT2D eigenvalue weighted by Gasteiger charge is -2.01. The molecule has 0 bridgehead atoms. The Morgan fingerprint density at radius 1 is 1.15 bits per heavy atom. The molecule has 0 spiro atoms. The summed E-state index contributed by atoms with van der Waals surface area (Å²) in [4.78, 5) is 12.2. The third kappa shape index (κ3) is 2.21. The number of halogens is 1. The van der Waals surface area contributed by atoms with Crippen LogP contribution in [0.5, 0.6) is 0 Å². The minimum Gasteiger partial charge on any atom is -0.392 e. The molecule has 2 aromatic heterocycles. The molecule has 5 nitrogen and oxygen atoms in total. The lowest BCUT2D eigenvalue weighted by molar-refractivity contribution is 0.282. The van der Waals surface area contributed by atoms with Gasteiger partial charge in [0.15, 0.2) is 5.65 Å². The van der Waals surface area contributed by atoms with Gasteiger partial charge >= 0.3 is 5.69 Å². The van der Waals surface area contributed by atoms with Crippen LogP contribution in [0.4, 0.5) is 0 Å². The maximum Gasteiger partial charge on any atom is 0.350 e. The summed E-state index contributed by atoms with van der Waals surface area (Å²) in [6, 6.07) is 10.8. The number of nitrogens with zero attached hydrogens (tertiary/aromatic N) is 3. The predicted octanol–water partition coefficient (Wildman–Crippen LogP) is 1.69. The summed E-state index contributed by atoms with van der Waals surface area (Å²) in [5, 5.41) is 13.7. The molecule has 0 fully saturated rings. The third-order valence-corrected chi connectivity index (χ3v) is 3.39. The number of aliphatic hydroxyl groups is 1. The Morgan fingerprint density at radius 3 is 2.50 bits per heavy atom. The van der Waals surface area contributed by atoms with E-state index in [4.69, 9.17) is 16.7 Å². The largest absolute Gasteiger partial charge is 0.392 e. The van der Waals surface area contributed by atoms with E-state index in [1.807, 2.05) is 24.3 Å². The molecule has 6 heteroatoms. The summed E-state index contributed by atoms with van der Waals surface area (Å²) in [6.07, 6.45) is 1.64. The van der Waals surface area contributed by atoms with Gasteiger partial charge in [0.1, 0.15) is 0 Å². The Kier molecular flexibility index (Phi) is 3.30. The zero-order chi connectivity index (χ0) is 14.1. The first-order valence-corrected chi connectivity index (χ1v) is 6.49. The summed E-state index contributed by atoms with van der Waals surface area (Å²) in [5.74, 6) is 0. The van der Waals surface area contributed by atoms with E-state index >= 15 is 0 Å². The van der Waals surface area contributed by atoms with Crippen molar-refractivity contribution in [2.24, 2.45) is 0 Å². The van der Waals surface area contributed by atoms with Crippen molar-refractivity contribution in [3.8, 4) is 0 Å². The van der Waals surface area contributed by atoms with Gasteiger partial charge in [0.2, 0.25) is 0 Å². The fourth-order valence-electron chi connectivity index (χ4n) is 2.03. The van der Waals surface area contributed by atoms with E-state index in [0.717, 1.165) is 11.1 Å². The number of rotatable bonds is 3. The van der Waals surface area contributed by atoms with Crippen molar-refractivity contribution in [3.05, 3.63) is 69.2 Å². The Bertz CT molecular complexity index is 805. The highest BCUT2D eigenvalue weighted by Crippen LogP contribution is 2.13. The highest BCUT2D eigenvalue weighted by Gasteiger charge is 2.09. The van der Waals surface area contributed by atoms with Gasteiger partial charge in [-0.3, -0.25) is 0 Å². The van der Waals surface area contributed by atoms with Gasteiger partial charge in [-0.1, -0.05) is 35.9 Å². The van der Waals surface area contributed by atoms with E-state index in [0.29, 0.717) is 17.2 Å². The van der Waals surface area contributed by atoms with E-state index in [9.17, 15) is 4.79 Å². The molecular formula is C14H12ClN3O2. The van der Waals surface area contributed by atoms with Crippen molar-refractivity contribution in [3.63, 3.8) is 0 Å². The van der Waals surface area contributed by atoms with Crippen molar-refractivity contribution in [1.82, 2.24) is 14.2 Å². The van der Waals surface area contributed by atoms with Gasteiger partial charge in [-0.15, -0.1) is 5.10 Å². The summed E-state index contributed by atoms with van der Waals surface area (Å²) in [5.41, 5.74) is 1.99. The Labute approximate surface area is 119 Å². The monoisotopic (exact) mass is 289 g/mol. The fraction of sp³-hybridized carbons (Fsp3) is 0.143. The number of hydrogen-bond acceptors (Lipinski definition) is 3. The highest BCUT2D eigenvalue weighted by atomic mass is 35.5. The van der Waals surface area contributed by atoms with Gasteiger partial charge in [0.25, 0.3) is 0 Å². The van der Waals surface area contributed by atoms with Gasteiger partial charge in [-0.05, 0) is 23.3 Å². The molecule has 0 aliphatic carbocycles. The molecule has 0 saturated carbocycles. The van der Waals surface area contributed by atoms with Gasteiger partial charge in [0, 0.05) is 6.20 Å². The molecule has 0 saturated heterocycles. The molecule has 0 amide bonds. The zero-order valence-electron chi connectivity index (χ0n) is 10.5. The summed E-state index contributed by atoms with van der Waals surface area (Å²) in [6.45, 7) is 0.368. The van der Waals surface area contributed by atoms with Crippen LogP contribution in [-0.4, -0.2) is 19.3 Å². The van der Waals surface area contributed by atoms with Crippen LogP contribution in [0.25, 0.3) is 5.65 Å². The molecule has 0 radical (unpaired) electrons. The second kappa shape index (κ2) is 5.11. The highest BCUT2D eigenvalue weighted by molar-refractivity contribution is 6.33. The molecule has 1 aromatic carbocycles. The van der Waals surface area contributed by atoms with Gasteiger partial charge in [-0.25, -0.2) is 13.9 Å². The maximum absolute atomic E-state index is 12.2. The smallest absolute Gasteiger partial charge is 0.350 e. The summed E-state index contributed by atoms with van der Waals surface area (Å²) in [7, 11) is 0. The van der Waals surface area contributed by atoms with Gasteiger partial charge in [-0.2, -0.15) is 0 Å². The van der Waals surface area contributed by atoms with Crippen LogP contribution >= 0.6 is 11.6 Å². The quantitative estimate of drug-likeness (QED) is 0.798. The van der Waals surface area contributed by atoms with Crippen molar-refractivity contribution < 1.29 is 5.11 Å². The number of pyridine rings is 1. The minimum absolute atomic E-state index is 0.00417. The second-order valence-electron chi connectivity index (χ2n) is 4.46. The Balaban J connectivity index is 2.00. The molecule has 0 unspecified atom stereocenters. The van der Waals surface area contributed by atoms with Gasteiger partial charge in [0.05, 0.1) is 18.2 Å². The maximum atomic E-state index is 12.2. The van der Waals surface area contributed by atoms with Crippen molar-refractivity contribution in [2.45, 2.75) is 13.2 Å². The SMILES string of the molecule is O=c1n(Cc2ccc(CO)cc2)nc2c(Cl)cccn12. The molecule has 20 heavy (non-hydrogen) atoms. The van der Waals surface area contributed by atoms with Crippen LogP contribution in [0.2, 0.25) is 5.02 Å². The molecule has 2 heterocycles. The zero-order valence-corrected chi connectivity index (χ0v) is 11.3. The van der Waals surface area contributed by atoms with E-state index in [2.05, 4.69) is 5.10 Å². The van der Waals surface area contributed by atoms with Crippen LogP contribution in [-0.2, 0) is 13.2 Å². The lowest BCUT2D eigenvalue weighted by Crippen LogP contribution is -2.21. The number of benzene rings is 1. The first kappa shape index (κ1) is 12.9. The topological polar surface area (TPSA) is 59.5 Å². The van der Waals surface area contributed by atoms with E-state index < -0.39 is 0 Å². The molecule has 3 rings (SSSR count). The standard InChI is InChI=1S/C14H12ClN3O2/c15-12-2-1-7-17-13(12)16-18(14(17)20)8-10-3-5-11(9-19)6-4-10/h1-7,19H,8-9H2. The molecule has 1 N–H and O–H groups in total. The summed E-state index contributed by atoms with van der Waals surface area (Å²) < 4.78 is 2.79. The van der Waals surface area contributed by atoms with Crippen LogP contribution < -0.4 is 5.69 Å². The molecule has 0 atom stereocenters. The number of aromatic nitrogens is 3. The predicted molar refractivity (Wildman–Crippen MR) is 75.9 cm³/mol. The first-order chi connectivity index (χ1) is 9.69. The lowest BCUT2D eigenvalue weighted by atomic mass is 10.1. The summed E-state index contributed by atoms with van der Waals surface area (Å²) >= 11 is 6.02. The molecule has 102 valence electrons.